The van der Waals surface area contributed by atoms with Crippen LogP contribution in [0.5, 0.6) is 0 Å². The summed E-state index contributed by atoms with van der Waals surface area (Å²) in [5.41, 5.74) is -0.510. The van der Waals surface area contributed by atoms with Crippen molar-refractivity contribution in [2.75, 3.05) is 0 Å². The molecule has 0 aromatic carbocycles. The molecule has 0 spiro atoms. The van der Waals surface area contributed by atoms with E-state index in [4.69, 9.17) is 5.11 Å². The fourth-order valence-corrected chi connectivity index (χ4v) is 4.06. The molecule has 4 fully saturated rings. The maximum atomic E-state index is 11.0. The molecule has 3 heteroatoms. The maximum Gasteiger partial charge on any atom is 0.310 e. The molecule has 0 aliphatic heterocycles. The largest absolute Gasteiger partial charge is 0.481 e. The number of aliphatic hydroxyl groups excluding tert-OH is 1. The van der Waals surface area contributed by atoms with Gasteiger partial charge in [0.15, 0.2) is 0 Å². The van der Waals surface area contributed by atoms with Crippen molar-refractivity contribution in [3.63, 3.8) is 0 Å². The van der Waals surface area contributed by atoms with E-state index in [2.05, 4.69) is 0 Å². The average molecular weight is 168 g/mol. The van der Waals surface area contributed by atoms with Gasteiger partial charge < -0.3 is 10.2 Å². The number of carboxylic acid groups (broad SMARTS) is 1. The third kappa shape index (κ3) is 0.390. The molecule has 4 aliphatic carbocycles. The van der Waals surface area contributed by atoms with Crippen LogP contribution in [0.25, 0.3) is 0 Å². The van der Waals surface area contributed by atoms with Gasteiger partial charge >= 0.3 is 5.97 Å². The molecule has 0 aromatic rings. The summed E-state index contributed by atoms with van der Waals surface area (Å²) >= 11 is 0. The SMILES string of the molecule is C[C@H]1[C@H]2CC3C([C@H]2O)[C@@]31C(=O)O. The van der Waals surface area contributed by atoms with Gasteiger partial charge in [0.2, 0.25) is 0 Å². The van der Waals surface area contributed by atoms with Crippen molar-refractivity contribution in [2.24, 2.45) is 29.1 Å². The van der Waals surface area contributed by atoms with E-state index in [1.807, 2.05) is 6.92 Å². The van der Waals surface area contributed by atoms with Crippen molar-refractivity contribution < 1.29 is 15.0 Å². The molecule has 2 unspecified atom stereocenters. The molecule has 0 amide bonds. The lowest BCUT2D eigenvalue weighted by molar-refractivity contribution is -0.145. The normalized spacial score (nSPS) is 65.3. The lowest BCUT2D eigenvalue weighted by Gasteiger charge is -2.14. The zero-order valence-electron chi connectivity index (χ0n) is 6.90. The highest BCUT2D eigenvalue weighted by molar-refractivity contribution is 5.82. The zero-order valence-corrected chi connectivity index (χ0v) is 6.90. The second kappa shape index (κ2) is 1.55. The molecular weight excluding hydrogens is 156 g/mol. The molecule has 2 N–H and O–H groups in total. The summed E-state index contributed by atoms with van der Waals surface area (Å²) in [5.74, 6) is 0.181. The van der Waals surface area contributed by atoms with Crippen molar-refractivity contribution >= 4 is 5.97 Å². The molecule has 66 valence electrons. The minimum atomic E-state index is -0.677. The van der Waals surface area contributed by atoms with Gasteiger partial charge in [0.25, 0.3) is 0 Å². The highest BCUT2D eigenvalue weighted by atomic mass is 16.4. The van der Waals surface area contributed by atoms with E-state index in [1.165, 1.54) is 0 Å². The number of aliphatic carboxylic acids is 1. The Bertz CT molecular complexity index is 271. The van der Waals surface area contributed by atoms with E-state index in [0.29, 0.717) is 5.92 Å². The van der Waals surface area contributed by atoms with Crippen LogP contribution in [0.3, 0.4) is 0 Å². The van der Waals surface area contributed by atoms with Gasteiger partial charge in [-0.05, 0) is 24.2 Å². The summed E-state index contributed by atoms with van der Waals surface area (Å²) in [7, 11) is 0. The van der Waals surface area contributed by atoms with Crippen molar-refractivity contribution in [3.05, 3.63) is 0 Å². The van der Waals surface area contributed by atoms with Crippen LogP contribution in [-0.2, 0) is 4.79 Å². The molecule has 12 heavy (non-hydrogen) atoms. The van der Waals surface area contributed by atoms with Crippen LogP contribution in [0.15, 0.2) is 0 Å². The summed E-state index contributed by atoms with van der Waals surface area (Å²) in [6.07, 6.45) is 0.625. The van der Waals surface area contributed by atoms with Gasteiger partial charge in [0.05, 0.1) is 11.5 Å². The van der Waals surface area contributed by atoms with Gasteiger partial charge in [-0.15, -0.1) is 0 Å². The predicted molar refractivity (Wildman–Crippen MR) is 40.3 cm³/mol. The van der Waals surface area contributed by atoms with Gasteiger partial charge in [0, 0.05) is 5.92 Å². The first-order valence-corrected chi connectivity index (χ1v) is 4.53. The highest BCUT2D eigenvalue weighted by Crippen LogP contribution is 2.81. The zero-order chi connectivity index (χ0) is 8.67. The average Bonchev–Trinajstić information content (AvgIpc) is 2.29. The lowest BCUT2D eigenvalue weighted by Crippen LogP contribution is -2.22. The number of rotatable bonds is 1. The Morgan fingerprint density at radius 2 is 2.25 bits per heavy atom. The molecule has 0 aromatic heterocycles. The van der Waals surface area contributed by atoms with Gasteiger partial charge in [-0.3, -0.25) is 4.79 Å². The Morgan fingerprint density at radius 1 is 1.58 bits per heavy atom. The molecule has 0 saturated heterocycles. The van der Waals surface area contributed by atoms with E-state index in [9.17, 15) is 9.90 Å². The number of carboxylic acids is 1. The molecule has 4 rings (SSSR count). The van der Waals surface area contributed by atoms with Crippen molar-refractivity contribution in [2.45, 2.75) is 19.4 Å². The third-order valence-electron chi connectivity index (χ3n) is 4.59. The summed E-state index contributed by atoms with van der Waals surface area (Å²) < 4.78 is 0. The molecule has 6 atom stereocenters. The number of aliphatic hydroxyl groups is 1. The quantitative estimate of drug-likeness (QED) is 0.593. The number of carbonyl (C=O) groups is 1. The van der Waals surface area contributed by atoms with Crippen LogP contribution in [0.4, 0.5) is 0 Å². The van der Waals surface area contributed by atoms with Crippen LogP contribution < -0.4 is 0 Å². The van der Waals surface area contributed by atoms with Gasteiger partial charge in [-0.1, -0.05) is 6.92 Å². The van der Waals surface area contributed by atoms with Crippen molar-refractivity contribution in [1.82, 2.24) is 0 Å². The minimum Gasteiger partial charge on any atom is -0.481 e. The highest BCUT2D eigenvalue weighted by Gasteiger charge is 2.85. The molecule has 4 aliphatic rings. The second-order valence-electron chi connectivity index (χ2n) is 4.55. The van der Waals surface area contributed by atoms with Crippen molar-refractivity contribution in [3.8, 4) is 0 Å². The minimum absolute atomic E-state index is 0.0926. The van der Waals surface area contributed by atoms with Crippen LogP contribution in [0.2, 0.25) is 0 Å². The second-order valence-corrected chi connectivity index (χ2v) is 4.55. The van der Waals surface area contributed by atoms with Crippen LogP contribution in [-0.4, -0.2) is 22.3 Å². The first-order valence-electron chi connectivity index (χ1n) is 4.53. The monoisotopic (exact) mass is 168 g/mol. The first kappa shape index (κ1) is 6.89. The van der Waals surface area contributed by atoms with Gasteiger partial charge in [-0.2, -0.15) is 0 Å². The summed E-state index contributed by atoms with van der Waals surface area (Å²) in [5, 5.41) is 18.8. The number of hydrogen-bond acceptors (Lipinski definition) is 2. The Kier molecular flexibility index (Phi) is 0.893. The van der Waals surface area contributed by atoms with E-state index < -0.39 is 11.4 Å². The molecular formula is C9H12O3. The Hall–Kier alpha value is -0.570. The Balaban J connectivity index is 2.09. The van der Waals surface area contributed by atoms with E-state index >= 15 is 0 Å². The van der Waals surface area contributed by atoms with Gasteiger partial charge in [-0.25, -0.2) is 0 Å². The molecule has 0 heterocycles. The molecule has 4 bridgehead atoms. The standard InChI is InChI=1S/C9H12O3/c1-3-4-2-5-6(7(4)10)9(3,5)8(11)12/h3-7,10H,2H2,1H3,(H,11,12)/t3-,4+,5?,6?,7-,9-/m0/s1. The lowest BCUT2D eigenvalue weighted by atomic mass is 9.91. The summed E-state index contributed by atoms with van der Waals surface area (Å²) in [6, 6.07) is 0. The summed E-state index contributed by atoms with van der Waals surface area (Å²) in [6.45, 7) is 1.98. The fraction of sp³-hybridized carbons (Fsp3) is 0.889. The fourth-order valence-electron chi connectivity index (χ4n) is 4.06. The molecule has 3 nitrogen and oxygen atoms in total. The Labute approximate surface area is 70.4 Å². The van der Waals surface area contributed by atoms with Crippen LogP contribution in [0, 0.1) is 29.1 Å². The van der Waals surface area contributed by atoms with Crippen molar-refractivity contribution in [1.29, 1.82) is 0 Å². The Morgan fingerprint density at radius 3 is 2.42 bits per heavy atom. The third-order valence-corrected chi connectivity index (χ3v) is 4.59. The predicted octanol–water partition coefficient (Wildman–Crippen LogP) is 0.334. The van der Waals surface area contributed by atoms with E-state index in [1.54, 1.807) is 0 Å². The summed E-state index contributed by atoms with van der Waals surface area (Å²) in [4.78, 5) is 11.0. The number of hydrogen-bond donors (Lipinski definition) is 2. The smallest absolute Gasteiger partial charge is 0.310 e. The van der Waals surface area contributed by atoms with Crippen LogP contribution in [0.1, 0.15) is 13.3 Å². The van der Waals surface area contributed by atoms with E-state index in [0.717, 1.165) is 6.42 Å². The van der Waals surface area contributed by atoms with Gasteiger partial charge in [0.1, 0.15) is 0 Å². The van der Waals surface area contributed by atoms with E-state index in [-0.39, 0.29) is 23.9 Å². The molecule has 0 radical (unpaired) electrons. The molecule has 4 saturated carbocycles. The topological polar surface area (TPSA) is 57.5 Å². The van der Waals surface area contributed by atoms with Crippen LogP contribution >= 0.6 is 0 Å². The maximum absolute atomic E-state index is 11.0. The first-order chi connectivity index (χ1) is 5.61.